The van der Waals surface area contributed by atoms with Crippen LogP contribution in [0.2, 0.25) is 0 Å². The number of likely N-dealkylation sites (tertiary alicyclic amines) is 1. The number of carbonyl (C=O) groups is 1. The molecule has 4 heteroatoms. The van der Waals surface area contributed by atoms with Gasteiger partial charge in [0.2, 0.25) is 0 Å². The van der Waals surface area contributed by atoms with Crippen LogP contribution in [0.1, 0.15) is 33.6 Å². The van der Waals surface area contributed by atoms with Gasteiger partial charge < -0.3 is 15.5 Å². The zero-order valence-electron chi connectivity index (χ0n) is 10.0. The SMILES string of the molecule is CCNC1CCN(C(=O)NC(C)C)CC1. The summed E-state index contributed by atoms with van der Waals surface area (Å²) in [6.07, 6.45) is 2.14. The first-order valence-corrected chi connectivity index (χ1v) is 5.92. The van der Waals surface area contributed by atoms with Gasteiger partial charge in [0.25, 0.3) is 0 Å². The second kappa shape index (κ2) is 5.95. The van der Waals surface area contributed by atoms with Crippen LogP contribution in [0.25, 0.3) is 0 Å². The molecule has 1 fully saturated rings. The summed E-state index contributed by atoms with van der Waals surface area (Å²) in [5.41, 5.74) is 0. The van der Waals surface area contributed by atoms with Crippen molar-refractivity contribution >= 4 is 6.03 Å². The van der Waals surface area contributed by atoms with Gasteiger partial charge >= 0.3 is 6.03 Å². The van der Waals surface area contributed by atoms with Gasteiger partial charge in [0, 0.05) is 25.2 Å². The molecule has 0 spiro atoms. The van der Waals surface area contributed by atoms with Gasteiger partial charge in [0.05, 0.1) is 0 Å². The van der Waals surface area contributed by atoms with Gasteiger partial charge in [-0.05, 0) is 33.2 Å². The fourth-order valence-corrected chi connectivity index (χ4v) is 1.91. The minimum Gasteiger partial charge on any atom is -0.336 e. The third-order valence-corrected chi connectivity index (χ3v) is 2.69. The van der Waals surface area contributed by atoms with Crippen LogP contribution in [-0.4, -0.2) is 42.6 Å². The maximum Gasteiger partial charge on any atom is 0.317 e. The Morgan fingerprint density at radius 3 is 2.47 bits per heavy atom. The summed E-state index contributed by atoms with van der Waals surface area (Å²) in [6, 6.07) is 0.905. The van der Waals surface area contributed by atoms with Gasteiger partial charge in [0.1, 0.15) is 0 Å². The highest BCUT2D eigenvalue weighted by atomic mass is 16.2. The summed E-state index contributed by atoms with van der Waals surface area (Å²) < 4.78 is 0. The maximum absolute atomic E-state index is 11.7. The van der Waals surface area contributed by atoms with Crippen LogP contribution >= 0.6 is 0 Å². The number of hydrogen-bond donors (Lipinski definition) is 2. The van der Waals surface area contributed by atoms with E-state index < -0.39 is 0 Å². The summed E-state index contributed by atoms with van der Waals surface area (Å²) in [7, 11) is 0. The van der Waals surface area contributed by atoms with E-state index in [9.17, 15) is 4.79 Å². The van der Waals surface area contributed by atoms with E-state index in [0.29, 0.717) is 6.04 Å². The van der Waals surface area contributed by atoms with Crippen molar-refractivity contribution in [1.82, 2.24) is 15.5 Å². The molecule has 1 saturated heterocycles. The lowest BCUT2D eigenvalue weighted by Crippen LogP contribution is -2.49. The molecule has 0 unspecified atom stereocenters. The Bertz CT molecular complexity index is 198. The number of urea groups is 1. The Kier molecular flexibility index (Phi) is 4.88. The third-order valence-electron chi connectivity index (χ3n) is 2.69. The Labute approximate surface area is 92.4 Å². The van der Waals surface area contributed by atoms with Crippen LogP contribution in [0.15, 0.2) is 0 Å². The predicted octanol–water partition coefficient (Wildman–Crippen LogP) is 1.18. The molecule has 0 aromatic carbocycles. The second-order valence-corrected chi connectivity index (χ2v) is 4.42. The first-order chi connectivity index (χ1) is 7.13. The minimum atomic E-state index is 0.0833. The van der Waals surface area contributed by atoms with Gasteiger partial charge in [0.15, 0.2) is 0 Å². The van der Waals surface area contributed by atoms with Crippen molar-refractivity contribution in [3.05, 3.63) is 0 Å². The number of amides is 2. The van der Waals surface area contributed by atoms with Crippen molar-refractivity contribution in [3.8, 4) is 0 Å². The number of hydrogen-bond acceptors (Lipinski definition) is 2. The Morgan fingerprint density at radius 2 is 2.00 bits per heavy atom. The van der Waals surface area contributed by atoms with E-state index in [1.54, 1.807) is 0 Å². The van der Waals surface area contributed by atoms with Gasteiger partial charge in [-0.25, -0.2) is 4.79 Å². The number of carbonyl (C=O) groups excluding carboxylic acids is 1. The lowest BCUT2D eigenvalue weighted by molar-refractivity contribution is 0.174. The lowest BCUT2D eigenvalue weighted by Gasteiger charge is -2.32. The van der Waals surface area contributed by atoms with Crippen LogP contribution < -0.4 is 10.6 Å². The van der Waals surface area contributed by atoms with Gasteiger partial charge in [-0.1, -0.05) is 6.92 Å². The Balaban J connectivity index is 2.27. The molecule has 1 aliphatic heterocycles. The second-order valence-electron chi connectivity index (χ2n) is 4.42. The molecule has 1 rings (SSSR count). The zero-order valence-corrected chi connectivity index (χ0v) is 10.0. The maximum atomic E-state index is 11.7. The van der Waals surface area contributed by atoms with E-state index in [1.807, 2.05) is 18.7 Å². The molecule has 0 bridgehead atoms. The topological polar surface area (TPSA) is 44.4 Å². The number of rotatable bonds is 3. The standard InChI is InChI=1S/C11H23N3O/c1-4-12-10-5-7-14(8-6-10)11(15)13-9(2)3/h9-10,12H,4-8H2,1-3H3,(H,13,15). The van der Waals surface area contributed by atoms with Crippen LogP contribution in [-0.2, 0) is 0 Å². The number of piperidine rings is 1. The average Bonchev–Trinajstić information content (AvgIpc) is 2.18. The van der Waals surface area contributed by atoms with Gasteiger partial charge in [-0.3, -0.25) is 0 Å². The van der Waals surface area contributed by atoms with Gasteiger partial charge in [-0.2, -0.15) is 0 Å². The average molecular weight is 213 g/mol. The molecule has 0 aromatic heterocycles. The van der Waals surface area contributed by atoms with E-state index in [1.165, 1.54) is 0 Å². The van der Waals surface area contributed by atoms with Crippen molar-refractivity contribution < 1.29 is 4.79 Å². The smallest absolute Gasteiger partial charge is 0.317 e. The highest BCUT2D eigenvalue weighted by Gasteiger charge is 2.21. The van der Waals surface area contributed by atoms with Crippen molar-refractivity contribution in [3.63, 3.8) is 0 Å². The van der Waals surface area contributed by atoms with Crippen LogP contribution in [0.4, 0.5) is 4.79 Å². The summed E-state index contributed by atoms with van der Waals surface area (Å²) >= 11 is 0. The number of nitrogens with one attached hydrogen (secondary N) is 2. The predicted molar refractivity (Wildman–Crippen MR) is 61.9 cm³/mol. The molecule has 2 N–H and O–H groups in total. The molecule has 0 aliphatic carbocycles. The van der Waals surface area contributed by atoms with Crippen LogP contribution in [0.3, 0.4) is 0 Å². The third kappa shape index (κ3) is 4.08. The van der Waals surface area contributed by atoms with Crippen molar-refractivity contribution in [1.29, 1.82) is 0 Å². The molecule has 0 aromatic rings. The van der Waals surface area contributed by atoms with E-state index in [2.05, 4.69) is 17.6 Å². The van der Waals surface area contributed by atoms with Crippen LogP contribution in [0.5, 0.6) is 0 Å². The molecule has 2 amide bonds. The largest absolute Gasteiger partial charge is 0.336 e. The fraction of sp³-hybridized carbons (Fsp3) is 0.909. The molecule has 1 heterocycles. The summed E-state index contributed by atoms with van der Waals surface area (Å²) in [5, 5.41) is 6.35. The molecule has 0 atom stereocenters. The Hall–Kier alpha value is -0.770. The molecular formula is C11H23N3O. The molecule has 0 radical (unpaired) electrons. The van der Waals surface area contributed by atoms with Crippen molar-refractivity contribution in [2.75, 3.05) is 19.6 Å². The van der Waals surface area contributed by atoms with Gasteiger partial charge in [-0.15, -0.1) is 0 Å². The zero-order chi connectivity index (χ0) is 11.3. The molecule has 1 aliphatic rings. The first-order valence-electron chi connectivity index (χ1n) is 5.92. The summed E-state index contributed by atoms with van der Waals surface area (Å²) in [6.45, 7) is 8.86. The van der Waals surface area contributed by atoms with E-state index in [0.717, 1.165) is 32.5 Å². The van der Waals surface area contributed by atoms with Crippen molar-refractivity contribution in [2.24, 2.45) is 0 Å². The Morgan fingerprint density at radius 1 is 1.40 bits per heavy atom. The normalized spacial score (nSPS) is 18.3. The first kappa shape index (κ1) is 12.3. The molecule has 88 valence electrons. The fourth-order valence-electron chi connectivity index (χ4n) is 1.91. The summed E-state index contributed by atoms with van der Waals surface area (Å²) in [5.74, 6) is 0. The highest BCUT2D eigenvalue weighted by Crippen LogP contribution is 2.10. The molecule has 4 nitrogen and oxygen atoms in total. The molecule has 0 saturated carbocycles. The van der Waals surface area contributed by atoms with E-state index >= 15 is 0 Å². The minimum absolute atomic E-state index is 0.0833. The lowest BCUT2D eigenvalue weighted by atomic mass is 10.1. The quantitative estimate of drug-likeness (QED) is 0.739. The van der Waals surface area contributed by atoms with E-state index in [-0.39, 0.29) is 12.1 Å². The molecular weight excluding hydrogens is 190 g/mol. The molecule has 15 heavy (non-hydrogen) atoms. The number of nitrogens with zero attached hydrogens (tertiary/aromatic N) is 1. The van der Waals surface area contributed by atoms with E-state index in [4.69, 9.17) is 0 Å². The van der Waals surface area contributed by atoms with Crippen LogP contribution in [0, 0.1) is 0 Å². The highest BCUT2D eigenvalue weighted by molar-refractivity contribution is 5.74. The monoisotopic (exact) mass is 213 g/mol. The van der Waals surface area contributed by atoms with Crippen molar-refractivity contribution in [2.45, 2.75) is 45.7 Å². The summed E-state index contributed by atoms with van der Waals surface area (Å²) in [4.78, 5) is 13.6.